The normalized spacial score (nSPS) is 9.69. The maximum absolute atomic E-state index is 10.3. The van der Waals surface area contributed by atoms with Crippen LogP contribution in [-0.2, 0) is 0 Å². The van der Waals surface area contributed by atoms with Gasteiger partial charge in [-0.05, 0) is 22.9 Å². The molecule has 5 nitrogen and oxygen atoms in total. The Balaban J connectivity index is 2.98. The van der Waals surface area contributed by atoms with E-state index >= 15 is 0 Å². The first-order valence-corrected chi connectivity index (χ1v) is 4.38. The number of aromatic nitrogens is 1. The molecule has 0 amide bonds. The molecule has 0 atom stereocenters. The average Bonchev–Trinajstić information content (AvgIpc) is 2.08. The maximum atomic E-state index is 10.3. The van der Waals surface area contributed by atoms with E-state index in [1.54, 1.807) is 0 Å². The van der Waals surface area contributed by atoms with Gasteiger partial charge in [0.05, 0.1) is 6.61 Å². The molecule has 0 saturated heterocycles. The van der Waals surface area contributed by atoms with E-state index in [-0.39, 0.29) is 5.82 Å². The fraction of sp³-hybridized carbons (Fsp3) is 0.286. The van der Waals surface area contributed by atoms with Crippen LogP contribution in [0.4, 0.5) is 5.82 Å². The molecule has 0 N–H and O–H groups in total. The van der Waals surface area contributed by atoms with Crippen molar-refractivity contribution in [3.05, 3.63) is 26.9 Å². The first kappa shape index (κ1) is 9.91. The van der Waals surface area contributed by atoms with E-state index in [0.29, 0.717) is 17.0 Å². The van der Waals surface area contributed by atoms with Gasteiger partial charge in [-0.1, -0.05) is 0 Å². The van der Waals surface area contributed by atoms with Gasteiger partial charge in [0.1, 0.15) is 0 Å². The van der Waals surface area contributed by atoms with Gasteiger partial charge in [0, 0.05) is 22.0 Å². The van der Waals surface area contributed by atoms with Crippen molar-refractivity contribution < 1.29 is 9.66 Å². The molecule has 70 valence electrons. The minimum absolute atomic E-state index is 0.199. The van der Waals surface area contributed by atoms with Crippen molar-refractivity contribution in [1.29, 1.82) is 0 Å². The summed E-state index contributed by atoms with van der Waals surface area (Å²) in [6.45, 7) is 2.33. The number of ether oxygens (including phenoxy) is 1. The zero-order valence-corrected chi connectivity index (χ0v) is 8.44. The molecular weight excluding hydrogens is 240 g/mol. The smallest absolute Gasteiger partial charge is 0.364 e. The molecule has 1 rings (SSSR count). The van der Waals surface area contributed by atoms with Gasteiger partial charge >= 0.3 is 5.82 Å². The summed E-state index contributed by atoms with van der Waals surface area (Å²) in [5.74, 6) is 0.309. The van der Waals surface area contributed by atoms with Gasteiger partial charge < -0.3 is 14.9 Å². The zero-order valence-electron chi connectivity index (χ0n) is 6.86. The van der Waals surface area contributed by atoms with Crippen LogP contribution in [0.3, 0.4) is 0 Å². The highest BCUT2D eigenvalue weighted by Gasteiger charge is 2.13. The van der Waals surface area contributed by atoms with Gasteiger partial charge in [0.15, 0.2) is 5.75 Å². The standard InChI is InChI=1S/C7H7BrN2O3/c1-2-13-5-3-4-6(10(11)12)9-7(5)8/h3-4H,2H2,1H3. The van der Waals surface area contributed by atoms with Crippen LogP contribution in [0.25, 0.3) is 0 Å². The van der Waals surface area contributed by atoms with Crippen LogP contribution < -0.4 is 4.74 Å². The van der Waals surface area contributed by atoms with Crippen molar-refractivity contribution in [2.45, 2.75) is 6.92 Å². The number of nitro groups is 1. The summed E-state index contributed by atoms with van der Waals surface area (Å²) in [6, 6.07) is 2.81. The van der Waals surface area contributed by atoms with Crippen LogP contribution in [0.5, 0.6) is 5.75 Å². The van der Waals surface area contributed by atoms with Crippen molar-refractivity contribution in [2.24, 2.45) is 0 Å². The monoisotopic (exact) mass is 246 g/mol. The minimum Gasteiger partial charge on any atom is -0.489 e. The van der Waals surface area contributed by atoms with Crippen LogP contribution in [0, 0.1) is 10.1 Å². The first-order chi connectivity index (χ1) is 6.15. The van der Waals surface area contributed by atoms with E-state index in [1.165, 1.54) is 12.1 Å². The van der Waals surface area contributed by atoms with Gasteiger partial charge in [-0.15, -0.1) is 0 Å². The number of halogens is 1. The lowest BCUT2D eigenvalue weighted by molar-refractivity contribution is -0.389. The number of hydrogen-bond acceptors (Lipinski definition) is 4. The Morgan fingerprint density at radius 2 is 2.38 bits per heavy atom. The van der Waals surface area contributed by atoms with Crippen molar-refractivity contribution in [3.63, 3.8) is 0 Å². The number of rotatable bonds is 3. The Kier molecular flexibility index (Phi) is 3.18. The Labute approximate surface area is 83.0 Å². The van der Waals surface area contributed by atoms with E-state index in [2.05, 4.69) is 20.9 Å². The Bertz CT molecular complexity index is 330. The molecule has 0 radical (unpaired) electrons. The molecule has 0 saturated carbocycles. The summed E-state index contributed by atoms with van der Waals surface area (Å²) in [7, 11) is 0. The average molecular weight is 247 g/mol. The second kappa shape index (κ2) is 4.18. The molecule has 1 aromatic rings. The Morgan fingerprint density at radius 1 is 1.69 bits per heavy atom. The largest absolute Gasteiger partial charge is 0.489 e. The summed E-state index contributed by atoms with van der Waals surface area (Å²) in [5.41, 5.74) is 0. The molecule has 0 aromatic carbocycles. The third-order valence-corrected chi connectivity index (χ3v) is 1.85. The highest BCUT2D eigenvalue weighted by molar-refractivity contribution is 9.10. The Hall–Kier alpha value is -1.17. The minimum atomic E-state index is -0.555. The summed E-state index contributed by atoms with van der Waals surface area (Å²) in [6.07, 6.45) is 0. The van der Waals surface area contributed by atoms with E-state index in [4.69, 9.17) is 4.74 Å². The quantitative estimate of drug-likeness (QED) is 0.466. The fourth-order valence-electron chi connectivity index (χ4n) is 0.777. The summed E-state index contributed by atoms with van der Waals surface area (Å²) < 4.78 is 5.49. The second-order valence-corrected chi connectivity index (χ2v) is 2.90. The van der Waals surface area contributed by atoms with Crippen molar-refractivity contribution in [2.75, 3.05) is 6.61 Å². The summed E-state index contributed by atoms with van der Waals surface area (Å²) in [4.78, 5) is 13.4. The maximum Gasteiger partial charge on any atom is 0.364 e. The number of pyridine rings is 1. The van der Waals surface area contributed by atoms with Crippen LogP contribution in [0.15, 0.2) is 16.7 Å². The van der Waals surface area contributed by atoms with E-state index in [0.717, 1.165) is 0 Å². The van der Waals surface area contributed by atoms with Crippen LogP contribution >= 0.6 is 15.9 Å². The molecule has 0 spiro atoms. The van der Waals surface area contributed by atoms with Gasteiger partial charge in [-0.3, -0.25) is 0 Å². The van der Waals surface area contributed by atoms with Crippen LogP contribution in [0.2, 0.25) is 0 Å². The lowest BCUT2D eigenvalue weighted by atomic mass is 10.4. The number of hydrogen-bond donors (Lipinski definition) is 0. The third-order valence-electron chi connectivity index (χ3n) is 1.29. The van der Waals surface area contributed by atoms with Gasteiger partial charge in [0.25, 0.3) is 4.60 Å². The third kappa shape index (κ3) is 2.38. The van der Waals surface area contributed by atoms with Gasteiger partial charge in [-0.25, -0.2) is 0 Å². The summed E-state index contributed by atoms with van der Waals surface area (Å²) in [5, 5.41) is 10.3. The highest BCUT2D eigenvalue weighted by Crippen LogP contribution is 2.24. The first-order valence-electron chi connectivity index (χ1n) is 3.59. The fourth-order valence-corrected chi connectivity index (χ4v) is 1.21. The van der Waals surface area contributed by atoms with E-state index in [1.807, 2.05) is 6.92 Å². The molecule has 0 unspecified atom stereocenters. The van der Waals surface area contributed by atoms with E-state index in [9.17, 15) is 10.1 Å². The predicted octanol–water partition coefficient (Wildman–Crippen LogP) is 2.15. The van der Waals surface area contributed by atoms with Gasteiger partial charge in [-0.2, -0.15) is 0 Å². The second-order valence-electron chi connectivity index (χ2n) is 2.15. The van der Waals surface area contributed by atoms with Gasteiger partial charge in [0.2, 0.25) is 0 Å². The van der Waals surface area contributed by atoms with E-state index < -0.39 is 4.92 Å². The molecule has 0 aliphatic rings. The van der Waals surface area contributed by atoms with Crippen molar-refractivity contribution in [3.8, 4) is 5.75 Å². The van der Waals surface area contributed by atoms with Crippen molar-refractivity contribution in [1.82, 2.24) is 4.98 Å². The molecule has 0 aliphatic carbocycles. The lowest BCUT2D eigenvalue weighted by Gasteiger charge is -2.01. The molecule has 6 heteroatoms. The molecule has 0 bridgehead atoms. The molecule has 1 aromatic heterocycles. The molecule has 1 heterocycles. The molecule has 13 heavy (non-hydrogen) atoms. The lowest BCUT2D eigenvalue weighted by Crippen LogP contribution is -1.96. The van der Waals surface area contributed by atoms with Crippen molar-refractivity contribution >= 4 is 21.7 Å². The zero-order chi connectivity index (χ0) is 9.84. The SMILES string of the molecule is CCOc1ccc([N+](=O)[O-])nc1Br. The Morgan fingerprint density at radius 3 is 2.85 bits per heavy atom. The topological polar surface area (TPSA) is 65.3 Å². The molecular formula is C7H7BrN2O3. The van der Waals surface area contributed by atoms with Crippen LogP contribution in [-0.4, -0.2) is 16.5 Å². The summed E-state index contributed by atoms with van der Waals surface area (Å²) >= 11 is 3.08. The predicted molar refractivity (Wildman–Crippen MR) is 49.8 cm³/mol. The van der Waals surface area contributed by atoms with Crippen LogP contribution in [0.1, 0.15) is 6.92 Å². The molecule has 0 fully saturated rings. The number of nitrogens with zero attached hydrogens (tertiary/aromatic N) is 2. The highest BCUT2D eigenvalue weighted by atomic mass is 79.9. The molecule has 0 aliphatic heterocycles.